The molecule has 0 aromatic rings. The Morgan fingerprint density at radius 2 is 2.06 bits per heavy atom. The molecule has 0 heterocycles. The second-order valence-corrected chi connectivity index (χ2v) is 5.57. The van der Waals surface area contributed by atoms with Gasteiger partial charge in [0.1, 0.15) is 0 Å². The third kappa shape index (κ3) is 4.12. The predicted octanol–water partition coefficient (Wildman–Crippen LogP) is 2.51. The minimum atomic E-state index is -0.610. The number of carboxylic acids is 1. The largest absolute Gasteiger partial charge is 0.481 e. The molecule has 0 saturated heterocycles. The average molecular weight is 227 g/mol. The molecule has 94 valence electrons. The first-order valence-corrected chi connectivity index (χ1v) is 6.47. The van der Waals surface area contributed by atoms with Crippen LogP contribution in [0.1, 0.15) is 46.5 Å². The maximum absolute atomic E-state index is 11.0. The fourth-order valence-electron chi connectivity index (χ4n) is 2.75. The number of hydrogen-bond donors (Lipinski definition) is 2. The van der Waals surface area contributed by atoms with E-state index in [0.29, 0.717) is 17.9 Å². The lowest BCUT2D eigenvalue weighted by Crippen LogP contribution is -2.35. The second kappa shape index (κ2) is 6.24. The molecule has 2 N–H and O–H groups in total. The summed E-state index contributed by atoms with van der Waals surface area (Å²) in [6.07, 6.45) is 4.16. The number of carbonyl (C=O) groups is 1. The van der Waals surface area contributed by atoms with Crippen LogP contribution in [0.15, 0.2) is 0 Å². The van der Waals surface area contributed by atoms with E-state index in [-0.39, 0.29) is 5.92 Å². The molecule has 0 aromatic heterocycles. The molecule has 3 nitrogen and oxygen atoms in total. The van der Waals surface area contributed by atoms with E-state index in [1.165, 1.54) is 0 Å². The van der Waals surface area contributed by atoms with Gasteiger partial charge in [-0.25, -0.2) is 0 Å². The highest BCUT2D eigenvalue weighted by molar-refractivity contribution is 5.70. The molecule has 0 aliphatic heterocycles. The minimum Gasteiger partial charge on any atom is -0.481 e. The zero-order valence-electron chi connectivity index (χ0n) is 10.7. The number of hydrogen-bond acceptors (Lipinski definition) is 2. The minimum absolute atomic E-state index is 0.112. The summed E-state index contributed by atoms with van der Waals surface area (Å²) < 4.78 is 0. The van der Waals surface area contributed by atoms with E-state index in [2.05, 4.69) is 26.1 Å². The van der Waals surface area contributed by atoms with Gasteiger partial charge in [-0.2, -0.15) is 0 Å². The van der Waals surface area contributed by atoms with Gasteiger partial charge in [0.25, 0.3) is 0 Å². The lowest BCUT2D eigenvalue weighted by Gasteiger charge is -2.21. The van der Waals surface area contributed by atoms with Gasteiger partial charge >= 0.3 is 5.97 Å². The highest BCUT2D eigenvalue weighted by atomic mass is 16.4. The maximum Gasteiger partial charge on any atom is 0.306 e. The van der Waals surface area contributed by atoms with Crippen LogP contribution in [0.4, 0.5) is 0 Å². The summed E-state index contributed by atoms with van der Waals surface area (Å²) in [5.41, 5.74) is 0. The van der Waals surface area contributed by atoms with Crippen LogP contribution in [0.2, 0.25) is 0 Å². The van der Waals surface area contributed by atoms with Crippen molar-refractivity contribution in [3.8, 4) is 0 Å². The Bertz CT molecular complexity index is 228. The zero-order valence-corrected chi connectivity index (χ0v) is 10.7. The molecule has 1 saturated carbocycles. The van der Waals surface area contributed by atoms with Crippen molar-refractivity contribution >= 4 is 5.97 Å². The van der Waals surface area contributed by atoms with E-state index in [0.717, 1.165) is 32.2 Å². The lowest BCUT2D eigenvalue weighted by molar-refractivity contribution is -0.142. The first kappa shape index (κ1) is 13.5. The summed E-state index contributed by atoms with van der Waals surface area (Å²) in [5, 5.41) is 12.5. The molecular weight excluding hydrogens is 202 g/mol. The van der Waals surface area contributed by atoms with Crippen LogP contribution in [-0.2, 0) is 4.79 Å². The van der Waals surface area contributed by atoms with E-state index in [4.69, 9.17) is 5.11 Å². The summed E-state index contributed by atoms with van der Waals surface area (Å²) >= 11 is 0. The third-order valence-electron chi connectivity index (χ3n) is 3.53. The molecule has 3 heteroatoms. The van der Waals surface area contributed by atoms with E-state index in [9.17, 15) is 4.79 Å². The smallest absolute Gasteiger partial charge is 0.306 e. The van der Waals surface area contributed by atoms with Crippen LogP contribution in [0, 0.1) is 17.8 Å². The first-order chi connectivity index (χ1) is 7.50. The molecule has 16 heavy (non-hydrogen) atoms. The quantitative estimate of drug-likeness (QED) is 0.733. The molecule has 1 aliphatic carbocycles. The molecule has 0 aromatic carbocycles. The fourth-order valence-corrected chi connectivity index (χ4v) is 2.75. The lowest BCUT2D eigenvalue weighted by atomic mass is 9.95. The molecular formula is C13H25NO2. The van der Waals surface area contributed by atoms with Gasteiger partial charge in [0.15, 0.2) is 0 Å². The van der Waals surface area contributed by atoms with Crippen molar-refractivity contribution in [1.82, 2.24) is 5.32 Å². The maximum atomic E-state index is 11.0. The normalized spacial score (nSPS) is 27.2. The fraction of sp³-hybridized carbons (Fsp3) is 0.923. The molecule has 3 atom stereocenters. The molecule has 1 fully saturated rings. The van der Waals surface area contributed by atoms with Gasteiger partial charge in [-0.3, -0.25) is 4.79 Å². The topological polar surface area (TPSA) is 49.3 Å². The van der Waals surface area contributed by atoms with Crippen LogP contribution in [-0.4, -0.2) is 23.7 Å². The molecule has 0 amide bonds. The van der Waals surface area contributed by atoms with Crippen LogP contribution in [0.3, 0.4) is 0 Å². The highest BCUT2D eigenvalue weighted by Gasteiger charge is 2.32. The van der Waals surface area contributed by atoms with Crippen LogP contribution in [0.25, 0.3) is 0 Å². The third-order valence-corrected chi connectivity index (χ3v) is 3.53. The van der Waals surface area contributed by atoms with Gasteiger partial charge < -0.3 is 10.4 Å². The monoisotopic (exact) mass is 227 g/mol. The van der Waals surface area contributed by atoms with Crippen molar-refractivity contribution in [3.63, 3.8) is 0 Å². The number of nitrogens with one attached hydrogen (secondary N) is 1. The Balaban J connectivity index is 2.28. The second-order valence-electron chi connectivity index (χ2n) is 5.57. The Kier molecular flexibility index (Phi) is 5.26. The van der Waals surface area contributed by atoms with E-state index in [1.807, 2.05) is 0 Å². The van der Waals surface area contributed by atoms with Crippen molar-refractivity contribution in [2.45, 2.75) is 52.5 Å². The predicted molar refractivity (Wildman–Crippen MR) is 65.4 cm³/mol. The number of rotatable bonds is 6. The summed E-state index contributed by atoms with van der Waals surface area (Å²) in [6, 6.07) is 0.495. The van der Waals surface area contributed by atoms with Gasteiger partial charge in [-0.15, -0.1) is 0 Å². The number of carboxylic acid groups (broad SMARTS) is 1. The molecule has 1 aliphatic rings. The highest BCUT2D eigenvalue weighted by Crippen LogP contribution is 2.31. The van der Waals surface area contributed by atoms with Gasteiger partial charge in [-0.1, -0.05) is 20.3 Å². The van der Waals surface area contributed by atoms with Gasteiger partial charge in [0.05, 0.1) is 5.92 Å². The van der Waals surface area contributed by atoms with E-state index < -0.39 is 5.97 Å². The van der Waals surface area contributed by atoms with Crippen molar-refractivity contribution in [3.05, 3.63) is 0 Å². The average Bonchev–Trinajstić information content (AvgIpc) is 2.61. The molecule has 1 rings (SSSR count). The zero-order chi connectivity index (χ0) is 12.1. The molecule has 0 radical (unpaired) electrons. The Morgan fingerprint density at radius 3 is 2.62 bits per heavy atom. The SMILES string of the molecule is CC(C)CC(C)NCC1CCCC1C(=O)O. The summed E-state index contributed by atoms with van der Waals surface area (Å²) in [4.78, 5) is 11.0. The van der Waals surface area contributed by atoms with Crippen molar-refractivity contribution in [2.75, 3.05) is 6.54 Å². The van der Waals surface area contributed by atoms with E-state index >= 15 is 0 Å². The first-order valence-electron chi connectivity index (χ1n) is 6.47. The van der Waals surface area contributed by atoms with Crippen molar-refractivity contribution < 1.29 is 9.90 Å². The van der Waals surface area contributed by atoms with Gasteiger partial charge in [-0.05, 0) is 44.6 Å². The van der Waals surface area contributed by atoms with Gasteiger partial charge in [0.2, 0.25) is 0 Å². The van der Waals surface area contributed by atoms with E-state index in [1.54, 1.807) is 0 Å². The molecule has 3 unspecified atom stereocenters. The van der Waals surface area contributed by atoms with Crippen LogP contribution < -0.4 is 5.32 Å². The van der Waals surface area contributed by atoms with Crippen LogP contribution >= 0.6 is 0 Å². The number of aliphatic carboxylic acids is 1. The Labute approximate surface area is 98.6 Å². The summed E-state index contributed by atoms with van der Waals surface area (Å²) in [5.74, 6) is 0.313. The van der Waals surface area contributed by atoms with Crippen molar-refractivity contribution in [2.24, 2.45) is 17.8 Å². The standard InChI is InChI=1S/C13H25NO2/c1-9(2)7-10(3)14-8-11-5-4-6-12(11)13(15)16/h9-12,14H,4-8H2,1-3H3,(H,15,16). The molecule has 0 spiro atoms. The van der Waals surface area contributed by atoms with Crippen molar-refractivity contribution in [1.29, 1.82) is 0 Å². The van der Waals surface area contributed by atoms with Crippen LogP contribution in [0.5, 0.6) is 0 Å². The summed E-state index contributed by atoms with van der Waals surface area (Å²) in [6.45, 7) is 7.48. The Hall–Kier alpha value is -0.570. The summed E-state index contributed by atoms with van der Waals surface area (Å²) in [7, 11) is 0. The molecule has 0 bridgehead atoms. The Morgan fingerprint density at radius 1 is 1.38 bits per heavy atom. The van der Waals surface area contributed by atoms with Gasteiger partial charge in [0, 0.05) is 6.04 Å².